The monoisotopic (exact) mass is 551 g/mol. The number of carboxylic acids is 1. The number of ether oxygens (including phenoxy) is 1. The number of nitrogens with one attached hydrogen (secondary N) is 3. The molecule has 0 aromatic heterocycles. The molecule has 2 aromatic carbocycles. The van der Waals surface area contributed by atoms with E-state index in [9.17, 15) is 37.1 Å². The van der Waals surface area contributed by atoms with Gasteiger partial charge in [0.15, 0.2) is 0 Å². The minimum Gasteiger partial charge on any atom is -0.481 e. The van der Waals surface area contributed by atoms with Crippen molar-refractivity contribution in [2.24, 2.45) is 0 Å². The van der Waals surface area contributed by atoms with Crippen molar-refractivity contribution in [2.75, 3.05) is 0 Å². The number of carboxylic acid groups (broad SMARTS) is 1. The molecule has 0 radical (unpaired) electrons. The third-order valence-electron chi connectivity index (χ3n) is 5.42. The molecule has 10 nitrogen and oxygen atoms in total. The van der Waals surface area contributed by atoms with Crippen LogP contribution in [-0.2, 0) is 36.9 Å². The van der Waals surface area contributed by atoms with Crippen molar-refractivity contribution in [1.82, 2.24) is 16.0 Å². The number of alkyl carbamates (subject to hydrolysis) is 1. The van der Waals surface area contributed by atoms with Crippen LogP contribution >= 0.6 is 0 Å². The summed E-state index contributed by atoms with van der Waals surface area (Å²) in [6.45, 7) is 1.09. The lowest BCUT2D eigenvalue weighted by Gasteiger charge is -2.23. The van der Waals surface area contributed by atoms with Gasteiger partial charge < -0.3 is 25.8 Å². The fraction of sp³-hybridized carbons (Fsp3) is 0.346. The Morgan fingerprint density at radius 3 is 1.92 bits per heavy atom. The standard InChI is InChI=1S/C26H28F3N3O7/c1-16(23(36)31-19(12-13-21(33)34)22(35)26(27,28)29)30-24(37)20(14-17-8-4-2-5-9-17)32-25(38)39-15-18-10-6-3-7-11-18/h2-11,16,19-20H,12-15H2,1H3,(H,30,37)(H,31,36)(H,32,38)(H,33,34)/t16-,19-,20-/m0/s1. The molecule has 2 aromatic rings. The first-order valence-electron chi connectivity index (χ1n) is 11.8. The molecular formula is C26H28F3N3O7. The van der Waals surface area contributed by atoms with Crippen LogP contribution in [0.5, 0.6) is 0 Å². The summed E-state index contributed by atoms with van der Waals surface area (Å²) in [7, 11) is 0. The third-order valence-corrected chi connectivity index (χ3v) is 5.42. The second kappa shape index (κ2) is 14.5. The molecule has 39 heavy (non-hydrogen) atoms. The molecular weight excluding hydrogens is 523 g/mol. The molecule has 0 bridgehead atoms. The predicted octanol–water partition coefficient (Wildman–Crippen LogP) is 2.51. The van der Waals surface area contributed by atoms with E-state index in [1.807, 2.05) is 5.32 Å². The van der Waals surface area contributed by atoms with Crippen LogP contribution in [0.15, 0.2) is 60.7 Å². The number of rotatable bonds is 13. The van der Waals surface area contributed by atoms with E-state index in [1.54, 1.807) is 60.7 Å². The molecule has 2 rings (SSSR count). The van der Waals surface area contributed by atoms with Crippen LogP contribution < -0.4 is 16.0 Å². The summed E-state index contributed by atoms with van der Waals surface area (Å²) in [5.74, 6) is -5.77. The van der Waals surface area contributed by atoms with Crippen molar-refractivity contribution >= 4 is 29.7 Å². The highest BCUT2D eigenvalue weighted by Gasteiger charge is 2.44. The number of carbonyl (C=O) groups is 5. The molecule has 0 saturated heterocycles. The Hall–Kier alpha value is -4.42. The summed E-state index contributed by atoms with van der Waals surface area (Å²) in [6, 6.07) is 12.5. The maximum atomic E-state index is 13.0. The summed E-state index contributed by atoms with van der Waals surface area (Å²) in [5.41, 5.74) is 1.36. The molecule has 3 atom stereocenters. The Bertz CT molecular complexity index is 1140. The number of halogens is 3. The van der Waals surface area contributed by atoms with Crippen molar-refractivity contribution in [3.8, 4) is 0 Å². The van der Waals surface area contributed by atoms with E-state index in [4.69, 9.17) is 9.84 Å². The predicted molar refractivity (Wildman–Crippen MR) is 131 cm³/mol. The number of alkyl halides is 3. The van der Waals surface area contributed by atoms with E-state index >= 15 is 0 Å². The molecule has 0 fully saturated rings. The highest BCUT2D eigenvalue weighted by atomic mass is 19.4. The summed E-state index contributed by atoms with van der Waals surface area (Å²) < 4.78 is 43.9. The molecule has 4 N–H and O–H groups in total. The number of aliphatic carboxylic acids is 1. The Balaban J connectivity index is 2.08. The molecule has 0 aliphatic heterocycles. The fourth-order valence-corrected chi connectivity index (χ4v) is 3.38. The van der Waals surface area contributed by atoms with Gasteiger partial charge in [-0.15, -0.1) is 0 Å². The lowest BCUT2D eigenvalue weighted by molar-refractivity contribution is -0.174. The summed E-state index contributed by atoms with van der Waals surface area (Å²) in [6.07, 6.45) is -7.84. The Labute approximate surface area is 221 Å². The molecule has 0 saturated carbocycles. The maximum Gasteiger partial charge on any atom is 0.452 e. The second-order valence-corrected chi connectivity index (χ2v) is 8.53. The van der Waals surface area contributed by atoms with Crippen molar-refractivity contribution in [2.45, 2.75) is 57.1 Å². The van der Waals surface area contributed by atoms with E-state index in [0.29, 0.717) is 11.1 Å². The molecule has 0 heterocycles. The van der Waals surface area contributed by atoms with Crippen LogP contribution in [0, 0.1) is 0 Å². The average molecular weight is 552 g/mol. The first-order chi connectivity index (χ1) is 18.4. The van der Waals surface area contributed by atoms with Gasteiger partial charge in [0.05, 0.1) is 6.04 Å². The molecule has 0 aliphatic carbocycles. The first-order valence-corrected chi connectivity index (χ1v) is 11.8. The summed E-state index contributed by atoms with van der Waals surface area (Å²) >= 11 is 0. The zero-order valence-electron chi connectivity index (χ0n) is 20.9. The molecule has 0 spiro atoms. The Morgan fingerprint density at radius 2 is 1.38 bits per heavy atom. The Morgan fingerprint density at radius 1 is 0.821 bits per heavy atom. The maximum absolute atomic E-state index is 13.0. The van der Waals surface area contributed by atoms with Gasteiger partial charge in [0.1, 0.15) is 18.7 Å². The van der Waals surface area contributed by atoms with E-state index in [0.717, 1.165) is 6.92 Å². The molecule has 0 aliphatic rings. The van der Waals surface area contributed by atoms with Crippen LogP contribution in [0.2, 0.25) is 0 Å². The van der Waals surface area contributed by atoms with Gasteiger partial charge in [0, 0.05) is 12.8 Å². The van der Waals surface area contributed by atoms with Gasteiger partial charge in [0.25, 0.3) is 5.78 Å². The number of hydrogen-bond donors (Lipinski definition) is 4. The largest absolute Gasteiger partial charge is 0.481 e. The zero-order valence-corrected chi connectivity index (χ0v) is 20.9. The van der Waals surface area contributed by atoms with Gasteiger partial charge in [-0.1, -0.05) is 60.7 Å². The zero-order chi connectivity index (χ0) is 29.0. The van der Waals surface area contributed by atoms with Crippen LogP contribution in [0.3, 0.4) is 0 Å². The minimum atomic E-state index is -5.31. The average Bonchev–Trinajstić information content (AvgIpc) is 2.89. The molecule has 3 amide bonds. The highest BCUT2D eigenvalue weighted by molar-refractivity contribution is 5.96. The first kappa shape index (κ1) is 30.8. The van der Waals surface area contributed by atoms with Gasteiger partial charge >= 0.3 is 18.2 Å². The Kier molecular flexibility index (Phi) is 11.5. The van der Waals surface area contributed by atoms with Crippen molar-refractivity contribution in [3.05, 3.63) is 71.8 Å². The SMILES string of the molecule is C[C@H](NC(=O)[C@H](Cc1ccccc1)NC(=O)OCc1ccccc1)C(=O)N[C@@H](CCC(=O)O)C(=O)C(F)(F)F. The lowest BCUT2D eigenvalue weighted by Crippen LogP contribution is -2.56. The fourth-order valence-electron chi connectivity index (χ4n) is 3.38. The highest BCUT2D eigenvalue weighted by Crippen LogP contribution is 2.20. The van der Waals surface area contributed by atoms with Gasteiger partial charge in [-0.2, -0.15) is 13.2 Å². The summed E-state index contributed by atoms with van der Waals surface area (Å²) in [5, 5.41) is 15.3. The smallest absolute Gasteiger partial charge is 0.452 e. The van der Waals surface area contributed by atoms with Crippen molar-refractivity contribution < 1.29 is 47.0 Å². The number of hydrogen-bond acceptors (Lipinski definition) is 6. The molecule has 0 unspecified atom stereocenters. The lowest BCUT2D eigenvalue weighted by atomic mass is 10.0. The number of amides is 3. The number of benzene rings is 2. The van der Waals surface area contributed by atoms with Crippen molar-refractivity contribution in [3.63, 3.8) is 0 Å². The number of carbonyl (C=O) groups excluding carboxylic acids is 4. The van der Waals surface area contributed by atoms with Crippen LogP contribution in [0.1, 0.15) is 30.9 Å². The minimum absolute atomic E-state index is 0.00472. The van der Waals surface area contributed by atoms with Crippen LogP contribution in [-0.4, -0.2) is 59.1 Å². The number of ketones is 1. The van der Waals surface area contributed by atoms with E-state index in [1.165, 1.54) is 0 Å². The van der Waals surface area contributed by atoms with Crippen molar-refractivity contribution in [1.29, 1.82) is 0 Å². The second-order valence-electron chi connectivity index (χ2n) is 8.53. The van der Waals surface area contributed by atoms with Gasteiger partial charge in [0.2, 0.25) is 11.8 Å². The number of Topliss-reactive ketones (excluding diaryl/α,β-unsaturated/α-hetero) is 1. The molecule has 13 heteroatoms. The van der Waals surface area contributed by atoms with E-state index < -0.39 is 66.8 Å². The van der Waals surface area contributed by atoms with Crippen LogP contribution in [0.25, 0.3) is 0 Å². The normalized spacial score (nSPS) is 13.3. The molecule has 210 valence electrons. The van der Waals surface area contributed by atoms with Gasteiger partial charge in [-0.05, 0) is 24.5 Å². The van der Waals surface area contributed by atoms with Gasteiger partial charge in [-0.25, -0.2) is 4.79 Å². The third kappa shape index (κ3) is 10.8. The van der Waals surface area contributed by atoms with E-state index in [2.05, 4.69) is 10.6 Å². The van der Waals surface area contributed by atoms with Crippen LogP contribution in [0.4, 0.5) is 18.0 Å². The summed E-state index contributed by atoms with van der Waals surface area (Å²) in [4.78, 5) is 60.3. The van der Waals surface area contributed by atoms with E-state index in [-0.39, 0.29) is 13.0 Å². The quantitative estimate of drug-likeness (QED) is 0.299. The topological polar surface area (TPSA) is 151 Å². The van der Waals surface area contributed by atoms with Gasteiger partial charge in [-0.3, -0.25) is 19.2 Å².